The van der Waals surface area contributed by atoms with Crippen LogP contribution in [0.4, 0.5) is 0 Å². The molecule has 1 amide bonds. The Morgan fingerprint density at radius 3 is 2.69 bits per heavy atom. The molecule has 0 bridgehead atoms. The molecule has 0 saturated heterocycles. The summed E-state index contributed by atoms with van der Waals surface area (Å²) in [6.07, 6.45) is 0.862. The molecule has 0 fully saturated rings. The van der Waals surface area contributed by atoms with Gasteiger partial charge < -0.3 is 19.3 Å². The fourth-order valence-electron chi connectivity index (χ4n) is 2.75. The van der Waals surface area contributed by atoms with Crippen molar-refractivity contribution in [3.8, 4) is 11.3 Å². The first-order valence-electron chi connectivity index (χ1n) is 9.55. The Kier molecular flexibility index (Phi) is 6.97. The van der Waals surface area contributed by atoms with E-state index in [4.69, 9.17) is 14.0 Å². The number of nitrogens with one attached hydrogen (secondary N) is 1. The van der Waals surface area contributed by atoms with Gasteiger partial charge in [0.15, 0.2) is 12.4 Å². The summed E-state index contributed by atoms with van der Waals surface area (Å²) < 4.78 is 16.0. The first-order valence-corrected chi connectivity index (χ1v) is 9.55. The molecule has 1 heterocycles. The fourth-order valence-corrected chi connectivity index (χ4v) is 2.75. The number of hydrogen-bond donors (Lipinski definition) is 1. The van der Waals surface area contributed by atoms with Gasteiger partial charge >= 0.3 is 5.97 Å². The molecule has 0 atom stereocenters. The number of nitrogens with zero attached hydrogens (tertiary/aromatic N) is 1. The molecule has 3 rings (SSSR count). The van der Waals surface area contributed by atoms with E-state index in [-0.39, 0.29) is 18.6 Å². The molecule has 0 radical (unpaired) electrons. The molecule has 0 aliphatic heterocycles. The van der Waals surface area contributed by atoms with Crippen LogP contribution in [-0.2, 0) is 14.3 Å². The zero-order valence-electron chi connectivity index (χ0n) is 16.5. The average molecular weight is 396 g/mol. The van der Waals surface area contributed by atoms with Crippen molar-refractivity contribution >= 4 is 22.8 Å². The van der Waals surface area contributed by atoms with Crippen molar-refractivity contribution in [1.82, 2.24) is 10.5 Å². The highest BCUT2D eigenvalue weighted by Crippen LogP contribution is 2.29. The summed E-state index contributed by atoms with van der Waals surface area (Å²) in [7, 11) is 0. The van der Waals surface area contributed by atoms with Crippen molar-refractivity contribution in [2.24, 2.45) is 0 Å². The van der Waals surface area contributed by atoms with E-state index >= 15 is 0 Å². The number of amides is 1. The summed E-state index contributed by atoms with van der Waals surface area (Å²) >= 11 is 0. The number of ether oxygens (including phenoxy) is 2. The molecule has 0 spiro atoms. The number of hydrogen-bond acceptors (Lipinski definition) is 6. The van der Waals surface area contributed by atoms with Gasteiger partial charge in [0, 0.05) is 18.7 Å². The van der Waals surface area contributed by atoms with E-state index in [1.165, 1.54) is 0 Å². The van der Waals surface area contributed by atoms with Gasteiger partial charge in [0.25, 0.3) is 5.91 Å². The highest BCUT2D eigenvalue weighted by Gasteiger charge is 2.15. The van der Waals surface area contributed by atoms with Crippen LogP contribution in [0.5, 0.6) is 0 Å². The second kappa shape index (κ2) is 9.84. The van der Waals surface area contributed by atoms with E-state index in [1.807, 2.05) is 44.2 Å². The molecule has 3 aromatic rings. The summed E-state index contributed by atoms with van der Waals surface area (Å²) in [5, 5.41) is 7.43. The predicted octanol–water partition coefficient (Wildman–Crippen LogP) is 3.58. The minimum atomic E-state index is -0.578. The summed E-state index contributed by atoms with van der Waals surface area (Å²) in [5.41, 5.74) is 1.83. The normalized spacial score (nSPS) is 11.0. The molecule has 0 saturated carbocycles. The Bertz CT molecular complexity index is 966. The van der Waals surface area contributed by atoms with Crippen LogP contribution in [0.3, 0.4) is 0 Å². The van der Waals surface area contributed by atoms with E-state index in [0.717, 1.165) is 5.56 Å². The average Bonchev–Trinajstić information content (AvgIpc) is 3.15. The topological polar surface area (TPSA) is 90.7 Å². The molecular weight excluding hydrogens is 372 g/mol. The molecule has 7 nitrogen and oxygen atoms in total. The van der Waals surface area contributed by atoms with Gasteiger partial charge in [-0.15, -0.1) is 0 Å². The SMILES string of the molecule is CC(C)OCCCNC(=O)COC(=O)c1ccc2noc(-c3ccccc3)c2c1. The lowest BCUT2D eigenvalue weighted by Crippen LogP contribution is -2.30. The van der Waals surface area contributed by atoms with E-state index in [1.54, 1.807) is 18.2 Å². The summed E-state index contributed by atoms with van der Waals surface area (Å²) in [6, 6.07) is 14.5. The number of rotatable bonds is 9. The maximum Gasteiger partial charge on any atom is 0.338 e. The quantitative estimate of drug-likeness (QED) is 0.439. The highest BCUT2D eigenvalue weighted by atomic mass is 16.5. The molecule has 1 aromatic heterocycles. The molecular formula is C22H24N2O5. The number of aromatic nitrogens is 1. The number of carbonyl (C=O) groups is 2. The summed E-state index contributed by atoms with van der Waals surface area (Å²) in [5.74, 6) is -0.346. The number of benzene rings is 2. The standard InChI is InChI=1S/C22H24N2O5/c1-15(2)27-12-6-11-23-20(25)14-28-22(26)17-9-10-19-18(13-17)21(29-24-19)16-7-4-3-5-8-16/h3-5,7-10,13,15H,6,11-12,14H2,1-2H3,(H,23,25). The zero-order valence-corrected chi connectivity index (χ0v) is 16.5. The van der Waals surface area contributed by atoms with Crippen LogP contribution in [0.25, 0.3) is 22.2 Å². The molecule has 7 heteroatoms. The van der Waals surface area contributed by atoms with Crippen LogP contribution in [0, 0.1) is 0 Å². The van der Waals surface area contributed by atoms with Gasteiger partial charge in [0.05, 0.1) is 17.1 Å². The molecule has 0 aliphatic rings. The van der Waals surface area contributed by atoms with Gasteiger partial charge in [-0.05, 0) is 38.5 Å². The Morgan fingerprint density at radius 1 is 1.14 bits per heavy atom. The molecule has 152 valence electrons. The van der Waals surface area contributed by atoms with Crippen LogP contribution < -0.4 is 5.32 Å². The van der Waals surface area contributed by atoms with Gasteiger partial charge in [-0.3, -0.25) is 4.79 Å². The largest absolute Gasteiger partial charge is 0.452 e. The second-order valence-corrected chi connectivity index (χ2v) is 6.81. The third kappa shape index (κ3) is 5.65. The van der Waals surface area contributed by atoms with Crippen LogP contribution in [0.2, 0.25) is 0 Å². The molecule has 1 N–H and O–H groups in total. The smallest absolute Gasteiger partial charge is 0.338 e. The molecule has 29 heavy (non-hydrogen) atoms. The maximum absolute atomic E-state index is 12.3. The Labute approximate surface area is 169 Å². The van der Waals surface area contributed by atoms with E-state index in [2.05, 4.69) is 10.5 Å². The lowest BCUT2D eigenvalue weighted by atomic mass is 10.1. The van der Waals surface area contributed by atoms with Crippen LogP contribution in [-0.4, -0.2) is 42.9 Å². The predicted molar refractivity (Wildman–Crippen MR) is 108 cm³/mol. The first-order chi connectivity index (χ1) is 14.0. The first kappa shape index (κ1) is 20.5. The number of carbonyl (C=O) groups excluding carboxylic acids is 2. The van der Waals surface area contributed by atoms with Gasteiger partial charge in [-0.25, -0.2) is 4.79 Å². The third-order valence-electron chi connectivity index (χ3n) is 4.18. The van der Waals surface area contributed by atoms with Crippen LogP contribution >= 0.6 is 0 Å². The fraction of sp³-hybridized carbons (Fsp3) is 0.318. The van der Waals surface area contributed by atoms with Crippen LogP contribution in [0.15, 0.2) is 53.1 Å². The van der Waals surface area contributed by atoms with Gasteiger partial charge in [-0.1, -0.05) is 35.5 Å². The maximum atomic E-state index is 12.3. The number of fused-ring (bicyclic) bond motifs is 1. The second-order valence-electron chi connectivity index (χ2n) is 6.81. The minimum Gasteiger partial charge on any atom is -0.452 e. The zero-order chi connectivity index (χ0) is 20.6. The van der Waals surface area contributed by atoms with Crippen molar-refractivity contribution in [2.45, 2.75) is 26.4 Å². The van der Waals surface area contributed by atoms with Crippen molar-refractivity contribution in [3.05, 3.63) is 54.1 Å². The lowest BCUT2D eigenvalue weighted by Gasteiger charge is -2.08. The summed E-state index contributed by atoms with van der Waals surface area (Å²) in [6.45, 7) is 4.61. The Balaban J connectivity index is 1.56. The molecule has 2 aromatic carbocycles. The van der Waals surface area contributed by atoms with E-state index in [0.29, 0.717) is 41.8 Å². The minimum absolute atomic E-state index is 0.164. The molecule has 0 unspecified atom stereocenters. The van der Waals surface area contributed by atoms with Crippen molar-refractivity contribution in [1.29, 1.82) is 0 Å². The lowest BCUT2D eigenvalue weighted by molar-refractivity contribution is -0.124. The van der Waals surface area contributed by atoms with Crippen molar-refractivity contribution < 1.29 is 23.6 Å². The van der Waals surface area contributed by atoms with Gasteiger partial charge in [0.2, 0.25) is 0 Å². The number of esters is 1. The van der Waals surface area contributed by atoms with E-state index < -0.39 is 5.97 Å². The Hall–Kier alpha value is -3.19. The third-order valence-corrected chi connectivity index (χ3v) is 4.18. The van der Waals surface area contributed by atoms with Crippen LogP contribution in [0.1, 0.15) is 30.6 Å². The highest BCUT2D eigenvalue weighted by molar-refractivity contribution is 5.99. The van der Waals surface area contributed by atoms with Crippen molar-refractivity contribution in [2.75, 3.05) is 19.8 Å². The van der Waals surface area contributed by atoms with Gasteiger partial charge in [-0.2, -0.15) is 0 Å². The molecule has 0 aliphatic carbocycles. The van der Waals surface area contributed by atoms with Crippen molar-refractivity contribution in [3.63, 3.8) is 0 Å². The monoisotopic (exact) mass is 396 g/mol. The van der Waals surface area contributed by atoms with Gasteiger partial charge in [0.1, 0.15) is 5.52 Å². The van der Waals surface area contributed by atoms with E-state index in [9.17, 15) is 9.59 Å². The Morgan fingerprint density at radius 2 is 1.93 bits per heavy atom. The summed E-state index contributed by atoms with van der Waals surface area (Å²) in [4.78, 5) is 24.2.